The minimum absolute atomic E-state index is 0.310. The smallest absolute Gasteiger partial charge is 0.351 e. The van der Waals surface area contributed by atoms with Crippen LogP contribution in [-0.4, -0.2) is 19.0 Å². The molecule has 1 rings (SSSR count). The number of aliphatic imine (C=N–C) groups is 1. The van der Waals surface area contributed by atoms with Crippen molar-refractivity contribution in [2.24, 2.45) is 16.5 Å². The number of guanidine groups is 1. The summed E-state index contributed by atoms with van der Waals surface area (Å²) >= 11 is 11.7. The molecule has 0 aliphatic carbocycles. The number of hydrogen-bond acceptors (Lipinski definition) is 1. The van der Waals surface area contributed by atoms with E-state index < -0.39 is 6.03 Å². The average molecular weight is 261 g/mol. The molecule has 0 aromatic heterocycles. The SMILES string of the molecule is CN(C(=O)N=C(N)N)c1cc(Cl)ccc1Cl. The molecule has 0 atom stereocenters. The fraction of sp³-hybridized carbons (Fsp3) is 0.111. The van der Waals surface area contributed by atoms with Gasteiger partial charge in [0.25, 0.3) is 0 Å². The second-order valence-electron chi connectivity index (χ2n) is 2.97. The van der Waals surface area contributed by atoms with Gasteiger partial charge in [0.2, 0.25) is 0 Å². The Morgan fingerprint density at radius 2 is 2.00 bits per heavy atom. The molecule has 4 N–H and O–H groups in total. The topological polar surface area (TPSA) is 84.7 Å². The highest BCUT2D eigenvalue weighted by atomic mass is 35.5. The van der Waals surface area contributed by atoms with E-state index in [-0.39, 0.29) is 5.96 Å². The number of benzene rings is 1. The lowest BCUT2D eigenvalue weighted by Gasteiger charge is -2.16. The molecule has 0 aliphatic heterocycles. The highest BCUT2D eigenvalue weighted by Crippen LogP contribution is 2.28. The first-order valence-electron chi connectivity index (χ1n) is 4.24. The number of nitrogens with two attached hydrogens (primary N) is 2. The van der Waals surface area contributed by atoms with E-state index in [4.69, 9.17) is 34.7 Å². The van der Waals surface area contributed by atoms with Gasteiger partial charge in [0, 0.05) is 12.1 Å². The molecule has 0 spiro atoms. The van der Waals surface area contributed by atoms with Crippen molar-refractivity contribution >= 4 is 40.9 Å². The zero-order chi connectivity index (χ0) is 12.3. The van der Waals surface area contributed by atoms with Gasteiger partial charge in [0.15, 0.2) is 5.96 Å². The van der Waals surface area contributed by atoms with E-state index >= 15 is 0 Å². The summed E-state index contributed by atoms with van der Waals surface area (Å²) in [7, 11) is 1.49. The van der Waals surface area contributed by atoms with Crippen molar-refractivity contribution in [3.8, 4) is 0 Å². The Morgan fingerprint density at radius 1 is 1.38 bits per heavy atom. The lowest BCUT2D eigenvalue weighted by Crippen LogP contribution is -2.30. The van der Waals surface area contributed by atoms with E-state index in [0.29, 0.717) is 15.7 Å². The van der Waals surface area contributed by atoms with Crippen LogP contribution in [0.15, 0.2) is 23.2 Å². The molecule has 1 aromatic rings. The molecule has 0 unspecified atom stereocenters. The van der Waals surface area contributed by atoms with Gasteiger partial charge in [-0.25, -0.2) is 4.79 Å². The lowest BCUT2D eigenvalue weighted by molar-refractivity contribution is 0.255. The minimum Gasteiger partial charge on any atom is -0.370 e. The molecule has 0 radical (unpaired) electrons. The molecule has 5 nitrogen and oxygen atoms in total. The van der Waals surface area contributed by atoms with Crippen LogP contribution in [0.2, 0.25) is 10.0 Å². The van der Waals surface area contributed by atoms with Crippen molar-refractivity contribution in [2.75, 3.05) is 11.9 Å². The summed E-state index contributed by atoms with van der Waals surface area (Å²) in [5.41, 5.74) is 10.6. The largest absolute Gasteiger partial charge is 0.370 e. The van der Waals surface area contributed by atoms with Crippen LogP contribution in [0.3, 0.4) is 0 Å². The van der Waals surface area contributed by atoms with Gasteiger partial charge in [0.1, 0.15) is 0 Å². The fourth-order valence-electron chi connectivity index (χ4n) is 1.03. The van der Waals surface area contributed by atoms with E-state index in [9.17, 15) is 4.79 Å². The molecule has 16 heavy (non-hydrogen) atoms. The van der Waals surface area contributed by atoms with E-state index in [0.717, 1.165) is 0 Å². The summed E-state index contributed by atoms with van der Waals surface area (Å²) in [5, 5.41) is 0.842. The molecule has 0 aliphatic rings. The van der Waals surface area contributed by atoms with Crippen molar-refractivity contribution < 1.29 is 4.79 Å². The predicted octanol–water partition coefficient (Wildman–Crippen LogP) is 1.82. The molecule has 0 heterocycles. The average Bonchev–Trinajstić information content (AvgIpc) is 2.19. The quantitative estimate of drug-likeness (QED) is 0.597. The second kappa shape index (κ2) is 5.05. The van der Waals surface area contributed by atoms with E-state index in [2.05, 4.69) is 4.99 Å². The molecule has 86 valence electrons. The maximum atomic E-state index is 11.5. The van der Waals surface area contributed by atoms with Crippen LogP contribution in [0.5, 0.6) is 0 Å². The number of nitrogens with zero attached hydrogens (tertiary/aromatic N) is 2. The van der Waals surface area contributed by atoms with Crippen LogP contribution in [-0.2, 0) is 0 Å². The monoisotopic (exact) mass is 260 g/mol. The van der Waals surface area contributed by atoms with Gasteiger partial charge in [-0.15, -0.1) is 0 Å². The molecule has 2 amide bonds. The van der Waals surface area contributed by atoms with Gasteiger partial charge in [-0.3, -0.25) is 4.90 Å². The van der Waals surface area contributed by atoms with Crippen molar-refractivity contribution in [3.05, 3.63) is 28.2 Å². The maximum absolute atomic E-state index is 11.5. The second-order valence-corrected chi connectivity index (χ2v) is 3.82. The Bertz CT molecular complexity index is 443. The number of halogens is 2. The third-order valence-electron chi connectivity index (χ3n) is 1.78. The highest BCUT2D eigenvalue weighted by molar-refractivity contribution is 6.35. The van der Waals surface area contributed by atoms with E-state index in [1.165, 1.54) is 11.9 Å². The minimum atomic E-state index is -0.621. The van der Waals surface area contributed by atoms with Crippen LogP contribution in [0.25, 0.3) is 0 Å². The van der Waals surface area contributed by atoms with Gasteiger partial charge in [-0.2, -0.15) is 4.99 Å². The normalized spacial score (nSPS) is 9.69. The summed E-state index contributed by atoms with van der Waals surface area (Å²) in [4.78, 5) is 16.1. The van der Waals surface area contributed by atoms with Crippen molar-refractivity contribution in [1.82, 2.24) is 0 Å². The number of anilines is 1. The molecule has 0 saturated heterocycles. The first-order chi connectivity index (χ1) is 7.41. The van der Waals surface area contributed by atoms with Crippen LogP contribution in [0.4, 0.5) is 10.5 Å². The van der Waals surface area contributed by atoms with Crippen molar-refractivity contribution in [1.29, 1.82) is 0 Å². The third-order valence-corrected chi connectivity index (χ3v) is 2.34. The molecule has 0 fully saturated rings. The Morgan fingerprint density at radius 3 is 2.56 bits per heavy atom. The number of rotatable bonds is 1. The summed E-state index contributed by atoms with van der Waals surface area (Å²) in [5.74, 6) is -0.310. The molecule has 0 saturated carbocycles. The summed E-state index contributed by atoms with van der Waals surface area (Å²) in [6.45, 7) is 0. The van der Waals surface area contributed by atoms with Gasteiger partial charge >= 0.3 is 6.03 Å². The first-order valence-corrected chi connectivity index (χ1v) is 5.00. The first kappa shape index (κ1) is 12.6. The highest BCUT2D eigenvalue weighted by Gasteiger charge is 2.13. The van der Waals surface area contributed by atoms with Crippen molar-refractivity contribution in [2.45, 2.75) is 0 Å². The van der Waals surface area contributed by atoms with E-state index in [1.807, 2.05) is 0 Å². The standard InChI is InChI=1S/C9H10Cl2N4O/c1-15(9(16)14-8(12)13)7-4-5(10)2-3-6(7)11/h2-4H,1H3,(H4,12,13,14,16). The van der Waals surface area contributed by atoms with Gasteiger partial charge in [0.05, 0.1) is 10.7 Å². The predicted molar refractivity (Wildman–Crippen MR) is 66.1 cm³/mol. The Kier molecular flexibility index (Phi) is 3.98. The van der Waals surface area contributed by atoms with Crippen molar-refractivity contribution in [3.63, 3.8) is 0 Å². The number of urea groups is 1. The van der Waals surface area contributed by atoms with Crippen LogP contribution < -0.4 is 16.4 Å². The van der Waals surface area contributed by atoms with Crippen LogP contribution in [0, 0.1) is 0 Å². The van der Waals surface area contributed by atoms with Gasteiger partial charge in [-0.05, 0) is 18.2 Å². The molecular weight excluding hydrogens is 251 g/mol. The van der Waals surface area contributed by atoms with Gasteiger partial charge in [-0.1, -0.05) is 23.2 Å². The summed E-state index contributed by atoms with van der Waals surface area (Å²) in [6, 6.07) is 4.12. The zero-order valence-electron chi connectivity index (χ0n) is 8.45. The summed E-state index contributed by atoms with van der Waals surface area (Å²) < 4.78 is 0. The number of amides is 2. The third kappa shape index (κ3) is 3.01. The molecular formula is C9H10Cl2N4O. The number of carbonyl (C=O) groups is 1. The van der Waals surface area contributed by atoms with Crippen LogP contribution in [0.1, 0.15) is 0 Å². The molecule has 0 bridgehead atoms. The number of carbonyl (C=O) groups excluding carboxylic acids is 1. The van der Waals surface area contributed by atoms with Crippen LogP contribution >= 0.6 is 23.2 Å². The Balaban J connectivity index is 3.05. The lowest BCUT2D eigenvalue weighted by atomic mass is 10.3. The summed E-state index contributed by atoms with van der Waals surface area (Å²) in [6.07, 6.45) is 0. The maximum Gasteiger partial charge on any atom is 0.351 e. The molecule has 1 aromatic carbocycles. The Hall–Kier alpha value is -1.46. The fourth-order valence-corrected chi connectivity index (χ4v) is 1.44. The molecule has 7 heteroatoms. The zero-order valence-corrected chi connectivity index (χ0v) is 9.96. The van der Waals surface area contributed by atoms with Gasteiger partial charge < -0.3 is 11.5 Å². The Labute approximate surface area is 103 Å². The van der Waals surface area contributed by atoms with E-state index in [1.54, 1.807) is 18.2 Å². The number of hydrogen-bond donors (Lipinski definition) is 2.